The topological polar surface area (TPSA) is 42.9 Å². The number of aryl methyl sites for hydroxylation is 2. The number of thiophene rings is 1. The molecule has 2 aromatic carbocycles. The Hall–Kier alpha value is -2.15. The first-order chi connectivity index (χ1) is 15.3. The van der Waals surface area contributed by atoms with Gasteiger partial charge in [-0.05, 0) is 36.8 Å². The van der Waals surface area contributed by atoms with Crippen LogP contribution in [0.15, 0.2) is 70.8 Å². The van der Waals surface area contributed by atoms with Gasteiger partial charge in [0.15, 0.2) is 10.9 Å². The first-order valence-electron chi connectivity index (χ1n) is 10.5. The van der Waals surface area contributed by atoms with Crippen LogP contribution in [0.2, 0.25) is 0 Å². The van der Waals surface area contributed by atoms with Gasteiger partial charge >= 0.3 is 0 Å². The summed E-state index contributed by atoms with van der Waals surface area (Å²) in [6.07, 6.45) is 4.69. The zero-order valence-electron chi connectivity index (χ0n) is 17.0. The molecule has 0 amide bonds. The third kappa shape index (κ3) is 4.71. The SMILES string of the molecule is O=C(CSc1nc(SCc2ccccc2)nc2sc3c(c12)CCCC3)c1ccccc1. The molecule has 2 aromatic heterocycles. The van der Waals surface area contributed by atoms with E-state index in [0.29, 0.717) is 5.75 Å². The smallest absolute Gasteiger partial charge is 0.190 e. The van der Waals surface area contributed by atoms with E-state index in [9.17, 15) is 4.79 Å². The van der Waals surface area contributed by atoms with Crippen molar-refractivity contribution < 1.29 is 4.79 Å². The maximum absolute atomic E-state index is 12.7. The zero-order valence-corrected chi connectivity index (χ0v) is 19.5. The van der Waals surface area contributed by atoms with E-state index in [-0.39, 0.29) is 5.78 Å². The van der Waals surface area contributed by atoms with Gasteiger partial charge in [-0.25, -0.2) is 9.97 Å². The zero-order chi connectivity index (χ0) is 21.0. The number of carbonyl (C=O) groups excluding carboxylic acids is 1. The Morgan fingerprint density at radius 1 is 0.903 bits per heavy atom. The molecule has 156 valence electrons. The van der Waals surface area contributed by atoms with Crippen LogP contribution in [-0.2, 0) is 18.6 Å². The number of fused-ring (bicyclic) bond motifs is 3. The first-order valence-corrected chi connectivity index (χ1v) is 13.3. The highest BCUT2D eigenvalue weighted by Gasteiger charge is 2.22. The number of thioether (sulfide) groups is 2. The van der Waals surface area contributed by atoms with Crippen LogP contribution >= 0.6 is 34.9 Å². The van der Waals surface area contributed by atoms with E-state index in [1.807, 2.05) is 47.7 Å². The maximum atomic E-state index is 12.7. The highest BCUT2D eigenvalue weighted by Crippen LogP contribution is 2.41. The van der Waals surface area contributed by atoms with Crippen LogP contribution in [0.1, 0.15) is 39.2 Å². The average molecular weight is 463 g/mol. The minimum absolute atomic E-state index is 0.139. The van der Waals surface area contributed by atoms with Gasteiger partial charge in [0.05, 0.1) is 5.75 Å². The highest BCUT2D eigenvalue weighted by atomic mass is 32.2. The fourth-order valence-corrected chi connectivity index (χ4v) is 7.03. The Morgan fingerprint density at radius 2 is 1.65 bits per heavy atom. The molecule has 1 aliphatic rings. The van der Waals surface area contributed by atoms with Crippen LogP contribution in [0, 0.1) is 0 Å². The van der Waals surface area contributed by atoms with E-state index in [4.69, 9.17) is 9.97 Å². The average Bonchev–Trinajstić information content (AvgIpc) is 3.21. The molecule has 0 saturated heterocycles. The van der Waals surface area contributed by atoms with Crippen molar-refractivity contribution in [3.63, 3.8) is 0 Å². The van der Waals surface area contributed by atoms with Crippen molar-refractivity contribution in [3.8, 4) is 0 Å². The molecule has 2 heterocycles. The number of benzene rings is 2. The molecule has 6 heteroatoms. The molecule has 0 atom stereocenters. The van der Waals surface area contributed by atoms with E-state index >= 15 is 0 Å². The lowest BCUT2D eigenvalue weighted by Gasteiger charge is -2.12. The van der Waals surface area contributed by atoms with Crippen LogP contribution in [0.3, 0.4) is 0 Å². The van der Waals surface area contributed by atoms with Crippen molar-refractivity contribution in [2.24, 2.45) is 0 Å². The number of rotatable bonds is 7. The number of hydrogen-bond donors (Lipinski definition) is 0. The Kier molecular flexibility index (Phi) is 6.39. The molecule has 3 nitrogen and oxygen atoms in total. The summed E-state index contributed by atoms with van der Waals surface area (Å²) in [6, 6.07) is 19.9. The van der Waals surface area contributed by atoms with Gasteiger partial charge < -0.3 is 0 Å². The number of carbonyl (C=O) groups is 1. The third-order valence-corrected chi connectivity index (χ3v) is 8.49. The molecule has 0 bridgehead atoms. The largest absolute Gasteiger partial charge is 0.293 e. The molecule has 31 heavy (non-hydrogen) atoms. The minimum Gasteiger partial charge on any atom is -0.293 e. The number of aromatic nitrogens is 2. The van der Waals surface area contributed by atoms with E-state index in [2.05, 4.69) is 24.3 Å². The van der Waals surface area contributed by atoms with Gasteiger partial charge in [0, 0.05) is 21.6 Å². The van der Waals surface area contributed by atoms with Crippen LogP contribution in [-0.4, -0.2) is 21.5 Å². The predicted octanol–water partition coefficient (Wildman–Crippen LogP) is 6.84. The van der Waals surface area contributed by atoms with Gasteiger partial charge in [0.2, 0.25) is 0 Å². The summed E-state index contributed by atoms with van der Waals surface area (Å²) in [5.41, 5.74) is 3.43. The second-order valence-electron chi connectivity index (χ2n) is 7.55. The lowest BCUT2D eigenvalue weighted by Crippen LogP contribution is -2.04. The lowest BCUT2D eigenvalue weighted by atomic mass is 9.97. The lowest BCUT2D eigenvalue weighted by molar-refractivity contribution is 0.102. The summed E-state index contributed by atoms with van der Waals surface area (Å²) >= 11 is 5.04. The van der Waals surface area contributed by atoms with Gasteiger partial charge in [-0.15, -0.1) is 11.3 Å². The second-order valence-corrected chi connectivity index (χ2v) is 10.5. The minimum atomic E-state index is 0.139. The third-order valence-electron chi connectivity index (χ3n) is 5.41. The number of ketones is 1. The van der Waals surface area contributed by atoms with Gasteiger partial charge in [0.25, 0.3) is 0 Å². The van der Waals surface area contributed by atoms with Gasteiger partial charge in [-0.2, -0.15) is 0 Å². The Morgan fingerprint density at radius 3 is 2.45 bits per heavy atom. The number of nitrogens with zero attached hydrogens (tertiary/aromatic N) is 2. The van der Waals surface area contributed by atoms with E-state index in [1.54, 1.807) is 23.5 Å². The normalized spacial score (nSPS) is 13.3. The summed E-state index contributed by atoms with van der Waals surface area (Å²) in [7, 11) is 0. The van der Waals surface area contributed by atoms with Crippen LogP contribution in [0.5, 0.6) is 0 Å². The molecule has 0 unspecified atom stereocenters. The first kappa shape index (κ1) is 20.7. The monoisotopic (exact) mass is 462 g/mol. The molecule has 0 fully saturated rings. The molecular weight excluding hydrogens is 440 g/mol. The Bertz CT molecular complexity index is 1210. The van der Waals surface area contributed by atoms with Crippen LogP contribution in [0.4, 0.5) is 0 Å². The highest BCUT2D eigenvalue weighted by molar-refractivity contribution is 8.00. The van der Waals surface area contributed by atoms with Crippen molar-refractivity contribution in [3.05, 3.63) is 82.2 Å². The maximum Gasteiger partial charge on any atom is 0.190 e. The fraction of sp³-hybridized carbons (Fsp3) is 0.240. The van der Waals surface area contributed by atoms with E-state index < -0.39 is 0 Å². The van der Waals surface area contributed by atoms with Gasteiger partial charge in [-0.1, -0.05) is 84.2 Å². The van der Waals surface area contributed by atoms with Gasteiger partial charge in [0.1, 0.15) is 9.86 Å². The van der Waals surface area contributed by atoms with Crippen molar-refractivity contribution in [2.45, 2.75) is 41.6 Å². The summed E-state index contributed by atoms with van der Waals surface area (Å²) in [4.78, 5) is 25.1. The Labute approximate surface area is 194 Å². The van der Waals surface area contributed by atoms with Gasteiger partial charge in [-0.3, -0.25) is 4.79 Å². The molecule has 4 aromatic rings. The molecule has 0 saturated carbocycles. The molecule has 1 aliphatic carbocycles. The van der Waals surface area contributed by atoms with Crippen molar-refractivity contribution in [1.29, 1.82) is 0 Å². The Balaban J connectivity index is 1.45. The summed E-state index contributed by atoms with van der Waals surface area (Å²) in [6.45, 7) is 0. The summed E-state index contributed by atoms with van der Waals surface area (Å²) < 4.78 is 0. The molecule has 0 aliphatic heterocycles. The van der Waals surface area contributed by atoms with Crippen LogP contribution < -0.4 is 0 Å². The molecule has 0 N–H and O–H groups in total. The predicted molar refractivity (Wildman–Crippen MR) is 132 cm³/mol. The second kappa shape index (κ2) is 9.55. The molecule has 0 spiro atoms. The number of Topliss-reactive ketones (excluding diaryl/α,β-unsaturated/α-hetero) is 1. The van der Waals surface area contributed by atoms with E-state index in [0.717, 1.165) is 39.2 Å². The molecule has 0 radical (unpaired) electrons. The van der Waals surface area contributed by atoms with Crippen molar-refractivity contribution in [2.75, 3.05) is 5.75 Å². The number of hydrogen-bond acceptors (Lipinski definition) is 6. The van der Waals surface area contributed by atoms with Crippen LogP contribution in [0.25, 0.3) is 10.2 Å². The van der Waals surface area contributed by atoms with Crippen molar-refractivity contribution in [1.82, 2.24) is 9.97 Å². The quantitative estimate of drug-likeness (QED) is 0.130. The van der Waals surface area contributed by atoms with Crippen molar-refractivity contribution >= 4 is 50.9 Å². The summed E-state index contributed by atoms with van der Waals surface area (Å²) in [5.74, 6) is 1.37. The molecule has 5 rings (SSSR count). The molecular formula is C25H22N2OS3. The summed E-state index contributed by atoms with van der Waals surface area (Å²) in [5, 5.41) is 2.95. The van der Waals surface area contributed by atoms with E-state index in [1.165, 1.54) is 34.2 Å². The standard InChI is InChI=1S/C25H22N2OS3/c28-20(18-11-5-2-6-12-18)16-29-23-22-19-13-7-8-14-21(19)31-24(22)27-25(26-23)30-15-17-9-3-1-4-10-17/h1-6,9-12H,7-8,13-16H2. The fourth-order valence-electron chi connectivity index (χ4n) is 3.84.